The Bertz CT molecular complexity index is 1650. The lowest BCUT2D eigenvalue weighted by atomic mass is 10.1. The number of aliphatic hydroxyl groups is 1. The van der Waals surface area contributed by atoms with Crippen molar-refractivity contribution in [3.8, 4) is 5.75 Å². The van der Waals surface area contributed by atoms with Gasteiger partial charge in [-0.05, 0) is 66.9 Å². The minimum Gasteiger partial charge on any atom is -0.506 e. The van der Waals surface area contributed by atoms with E-state index in [0.29, 0.717) is 33.0 Å². The summed E-state index contributed by atoms with van der Waals surface area (Å²) < 4.78 is 12.7. The summed E-state index contributed by atoms with van der Waals surface area (Å²) in [5.74, 6) is -0.0448. The first kappa shape index (κ1) is 27.6. The average molecular weight is 573 g/mol. The van der Waals surface area contributed by atoms with E-state index in [4.69, 9.17) is 21.1 Å². The zero-order valence-corrected chi connectivity index (χ0v) is 24.1. The van der Waals surface area contributed by atoms with Crippen molar-refractivity contribution < 1.29 is 19.4 Å². The Hall–Kier alpha value is -3.94. The molecule has 6 nitrogen and oxygen atoms in total. The van der Waals surface area contributed by atoms with Crippen molar-refractivity contribution in [1.82, 2.24) is 4.57 Å². The lowest BCUT2D eigenvalue weighted by Crippen LogP contribution is -2.12. The van der Waals surface area contributed by atoms with Gasteiger partial charge in [0, 0.05) is 28.7 Å². The van der Waals surface area contributed by atoms with Gasteiger partial charge in [0.05, 0.1) is 29.8 Å². The SMILES string of the molecule is CCOC(=O)C1=C(O)/C(=C/c2cn(Cc3ccc(Cl)cc3)c3c(CC)cccc23)SC1=Nc1ccc(OC)cc1. The third-order valence-corrected chi connectivity index (χ3v) is 7.89. The second-order valence-corrected chi connectivity index (χ2v) is 10.6. The summed E-state index contributed by atoms with van der Waals surface area (Å²) in [6.45, 7) is 4.73. The number of aliphatic imine (C=N–C) groups is 1. The molecule has 0 fully saturated rings. The minimum atomic E-state index is -0.610. The van der Waals surface area contributed by atoms with Gasteiger partial charge in [0.1, 0.15) is 22.1 Å². The monoisotopic (exact) mass is 572 g/mol. The molecule has 1 aliphatic rings. The summed E-state index contributed by atoms with van der Waals surface area (Å²) in [4.78, 5) is 18.1. The lowest BCUT2D eigenvalue weighted by Gasteiger charge is -2.09. The van der Waals surface area contributed by atoms with Gasteiger partial charge in [-0.1, -0.05) is 60.6 Å². The van der Waals surface area contributed by atoms with Crippen molar-refractivity contribution in [2.75, 3.05) is 13.7 Å². The maximum absolute atomic E-state index is 12.9. The van der Waals surface area contributed by atoms with Crippen molar-refractivity contribution in [2.45, 2.75) is 26.8 Å². The van der Waals surface area contributed by atoms with Crippen LogP contribution in [-0.4, -0.2) is 34.4 Å². The molecule has 2 heterocycles. The van der Waals surface area contributed by atoms with Crippen LogP contribution in [0.1, 0.15) is 30.5 Å². The molecule has 0 radical (unpaired) electrons. The van der Waals surface area contributed by atoms with Crippen LogP contribution in [0.4, 0.5) is 5.69 Å². The molecular weight excluding hydrogens is 544 g/mol. The number of hydrogen-bond donors (Lipinski definition) is 1. The van der Waals surface area contributed by atoms with Gasteiger partial charge in [-0.15, -0.1) is 0 Å². The van der Waals surface area contributed by atoms with Crippen LogP contribution in [0.5, 0.6) is 5.75 Å². The number of methoxy groups -OCH3 is 1. The van der Waals surface area contributed by atoms with E-state index in [2.05, 4.69) is 34.8 Å². The average Bonchev–Trinajstić information content (AvgIpc) is 3.46. The van der Waals surface area contributed by atoms with Gasteiger partial charge in [0.15, 0.2) is 0 Å². The fraction of sp³-hybridized carbons (Fsp3) is 0.188. The number of esters is 1. The number of thioether (sulfide) groups is 1. The van der Waals surface area contributed by atoms with Crippen LogP contribution in [0.15, 0.2) is 94.2 Å². The third-order valence-electron chi connectivity index (χ3n) is 6.62. The van der Waals surface area contributed by atoms with E-state index in [-0.39, 0.29) is 17.9 Å². The molecule has 1 aromatic heterocycles. The molecule has 0 saturated carbocycles. The molecule has 0 bridgehead atoms. The zero-order chi connectivity index (χ0) is 28.2. The van der Waals surface area contributed by atoms with Gasteiger partial charge in [0.2, 0.25) is 0 Å². The minimum absolute atomic E-state index is 0.0630. The number of nitrogens with zero attached hydrogens (tertiary/aromatic N) is 2. The zero-order valence-electron chi connectivity index (χ0n) is 22.5. The van der Waals surface area contributed by atoms with E-state index in [9.17, 15) is 9.90 Å². The van der Waals surface area contributed by atoms with E-state index in [1.54, 1.807) is 38.3 Å². The molecule has 0 saturated heterocycles. The number of ether oxygens (including phenoxy) is 2. The molecule has 8 heteroatoms. The van der Waals surface area contributed by atoms with E-state index in [1.165, 1.54) is 17.3 Å². The number of fused-ring (bicyclic) bond motifs is 1. The van der Waals surface area contributed by atoms with Gasteiger partial charge in [0.25, 0.3) is 0 Å². The second-order valence-electron chi connectivity index (χ2n) is 9.18. The fourth-order valence-electron chi connectivity index (χ4n) is 4.68. The number of aliphatic hydroxyl groups excluding tert-OH is 1. The Morgan fingerprint density at radius 1 is 1.07 bits per heavy atom. The fourth-order valence-corrected chi connectivity index (χ4v) is 5.84. The Labute approximate surface area is 242 Å². The number of rotatable bonds is 8. The van der Waals surface area contributed by atoms with Crippen LogP contribution in [0, 0.1) is 0 Å². The standard InChI is InChI=1S/C32H29ClN2O4S/c1-4-21-7-6-8-26-22(19-35(29(21)26)18-20-9-11-23(33)12-10-20)17-27-30(36)28(32(37)39-5-2)31(40-27)34-24-13-15-25(38-3)16-14-24/h6-17,19,36H,4-5,18H2,1-3H3/b27-17-,34-31?. The van der Waals surface area contributed by atoms with Crippen molar-refractivity contribution >= 4 is 57.0 Å². The highest BCUT2D eigenvalue weighted by molar-refractivity contribution is 8.18. The lowest BCUT2D eigenvalue weighted by molar-refractivity contribution is -0.138. The van der Waals surface area contributed by atoms with E-state index in [1.807, 2.05) is 36.4 Å². The van der Waals surface area contributed by atoms with Crippen LogP contribution < -0.4 is 4.74 Å². The Morgan fingerprint density at radius 3 is 2.50 bits per heavy atom. The van der Waals surface area contributed by atoms with E-state index in [0.717, 1.165) is 28.5 Å². The second kappa shape index (κ2) is 12.1. The van der Waals surface area contributed by atoms with Crippen LogP contribution in [-0.2, 0) is 22.5 Å². The van der Waals surface area contributed by atoms with Gasteiger partial charge < -0.3 is 19.1 Å². The highest BCUT2D eigenvalue weighted by Gasteiger charge is 2.33. The molecule has 5 rings (SSSR count). The number of carbonyl (C=O) groups is 1. The molecule has 0 aliphatic carbocycles. The number of aromatic nitrogens is 1. The highest BCUT2D eigenvalue weighted by Crippen LogP contribution is 2.41. The Balaban J connectivity index is 1.59. The quantitative estimate of drug-likeness (QED) is 0.216. The topological polar surface area (TPSA) is 73.0 Å². The highest BCUT2D eigenvalue weighted by atomic mass is 35.5. The number of hydrogen-bond acceptors (Lipinski definition) is 6. The first-order chi connectivity index (χ1) is 19.4. The summed E-state index contributed by atoms with van der Waals surface area (Å²) in [5.41, 5.74) is 5.12. The molecule has 1 aliphatic heterocycles. The Morgan fingerprint density at radius 2 is 1.82 bits per heavy atom. The number of carbonyl (C=O) groups excluding carboxylic acids is 1. The summed E-state index contributed by atoms with van der Waals surface area (Å²) in [6.07, 6.45) is 4.88. The number of benzene rings is 3. The van der Waals surface area contributed by atoms with Gasteiger partial charge in [-0.2, -0.15) is 0 Å². The molecule has 0 atom stereocenters. The van der Waals surface area contributed by atoms with Gasteiger partial charge >= 0.3 is 5.97 Å². The van der Waals surface area contributed by atoms with Gasteiger partial charge in [-0.3, -0.25) is 0 Å². The van der Waals surface area contributed by atoms with Crippen molar-refractivity contribution in [1.29, 1.82) is 0 Å². The number of para-hydroxylation sites is 1. The van der Waals surface area contributed by atoms with Crippen LogP contribution in [0.25, 0.3) is 17.0 Å². The molecule has 4 aromatic rings. The summed E-state index contributed by atoms with van der Waals surface area (Å²) in [6, 6.07) is 21.3. The van der Waals surface area contributed by atoms with Crippen LogP contribution >= 0.6 is 23.4 Å². The Kier molecular flexibility index (Phi) is 8.33. The maximum atomic E-state index is 12.9. The van der Waals surface area contributed by atoms with Crippen molar-refractivity contribution in [2.24, 2.45) is 4.99 Å². The van der Waals surface area contributed by atoms with Crippen LogP contribution in [0.3, 0.4) is 0 Å². The predicted octanol–water partition coefficient (Wildman–Crippen LogP) is 8.11. The first-order valence-corrected chi connectivity index (χ1v) is 14.2. The van der Waals surface area contributed by atoms with E-state index >= 15 is 0 Å². The largest absolute Gasteiger partial charge is 0.506 e. The summed E-state index contributed by atoms with van der Waals surface area (Å²) in [5, 5.41) is 13.4. The van der Waals surface area contributed by atoms with Gasteiger partial charge in [-0.25, -0.2) is 9.79 Å². The molecule has 0 amide bonds. The summed E-state index contributed by atoms with van der Waals surface area (Å²) in [7, 11) is 1.60. The molecule has 1 N–H and O–H groups in total. The maximum Gasteiger partial charge on any atom is 0.344 e. The number of aryl methyl sites for hydroxylation is 1. The van der Waals surface area contributed by atoms with Crippen molar-refractivity contribution in [3.63, 3.8) is 0 Å². The smallest absolute Gasteiger partial charge is 0.344 e. The molecule has 204 valence electrons. The predicted molar refractivity (Wildman–Crippen MR) is 164 cm³/mol. The molecule has 3 aromatic carbocycles. The molecular formula is C32H29ClN2O4S. The normalized spacial score (nSPS) is 15.4. The van der Waals surface area contributed by atoms with Crippen molar-refractivity contribution in [3.05, 3.63) is 111 Å². The molecule has 0 unspecified atom stereocenters. The third kappa shape index (κ3) is 5.67. The first-order valence-electron chi connectivity index (χ1n) is 13.0. The number of halogens is 1. The summed E-state index contributed by atoms with van der Waals surface area (Å²) >= 11 is 7.35. The van der Waals surface area contributed by atoms with E-state index < -0.39 is 5.97 Å². The molecule has 0 spiro atoms. The molecule has 40 heavy (non-hydrogen) atoms. The van der Waals surface area contributed by atoms with Crippen LogP contribution in [0.2, 0.25) is 5.02 Å².